The second-order valence-corrected chi connectivity index (χ2v) is 6.30. The monoisotopic (exact) mass is 335 g/mol. The number of benzene rings is 1. The average Bonchev–Trinajstić information content (AvgIpc) is 2.58. The van der Waals surface area contributed by atoms with Crippen molar-refractivity contribution >= 4 is 11.8 Å². The minimum absolute atomic E-state index is 0.00926. The van der Waals surface area contributed by atoms with Crippen LogP contribution in [0.1, 0.15) is 24.8 Å². The lowest BCUT2D eigenvalue weighted by Gasteiger charge is -2.32. The van der Waals surface area contributed by atoms with Crippen molar-refractivity contribution in [3.63, 3.8) is 0 Å². The molecule has 132 valence electrons. The van der Waals surface area contributed by atoms with Crippen LogP contribution in [0.25, 0.3) is 0 Å². The van der Waals surface area contributed by atoms with Gasteiger partial charge in [-0.25, -0.2) is 4.39 Å². The Balaban J connectivity index is 1.68. The van der Waals surface area contributed by atoms with Crippen LogP contribution in [0.3, 0.4) is 0 Å². The Morgan fingerprint density at radius 1 is 1.29 bits per heavy atom. The zero-order chi connectivity index (χ0) is 17.4. The molecule has 0 unspecified atom stereocenters. The van der Waals surface area contributed by atoms with Crippen molar-refractivity contribution < 1.29 is 14.0 Å². The third-order valence-electron chi connectivity index (χ3n) is 4.46. The number of likely N-dealkylation sites (tertiary alicyclic amines) is 1. The molecule has 0 saturated carbocycles. The van der Waals surface area contributed by atoms with Crippen molar-refractivity contribution in [3.05, 3.63) is 35.6 Å². The molecule has 1 fully saturated rings. The molecule has 1 saturated heterocycles. The van der Waals surface area contributed by atoms with Gasteiger partial charge in [-0.1, -0.05) is 12.1 Å². The van der Waals surface area contributed by atoms with Crippen molar-refractivity contribution in [1.29, 1.82) is 0 Å². The molecule has 1 aliphatic heterocycles. The first-order valence-corrected chi connectivity index (χ1v) is 8.52. The maximum Gasteiger partial charge on any atom is 0.241 e. The molecule has 1 aliphatic rings. The number of nitrogens with zero attached hydrogens (tertiary/aromatic N) is 1. The molecule has 2 rings (SSSR count). The summed E-state index contributed by atoms with van der Waals surface area (Å²) in [5, 5.41) is 5.78. The van der Waals surface area contributed by atoms with Crippen molar-refractivity contribution in [2.45, 2.75) is 25.7 Å². The summed E-state index contributed by atoms with van der Waals surface area (Å²) >= 11 is 0. The van der Waals surface area contributed by atoms with Gasteiger partial charge >= 0.3 is 0 Å². The molecule has 1 aromatic rings. The summed E-state index contributed by atoms with van der Waals surface area (Å²) in [5.74, 6) is -0.00546. The van der Waals surface area contributed by atoms with Crippen LogP contribution < -0.4 is 10.6 Å². The number of hydrogen-bond donors (Lipinski definition) is 2. The SMILES string of the molecule is CNCCC1CCN(C(=O)CNC(=O)Cc2cccc(F)c2)CC1. The van der Waals surface area contributed by atoms with E-state index in [1.165, 1.54) is 12.1 Å². The van der Waals surface area contributed by atoms with Crippen molar-refractivity contribution in [1.82, 2.24) is 15.5 Å². The number of hydrogen-bond acceptors (Lipinski definition) is 3. The van der Waals surface area contributed by atoms with Gasteiger partial charge in [-0.2, -0.15) is 0 Å². The molecule has 24 heavy (non-hydrogen) atoms. The fourth-order valence-corrected chi connectivity index (χ4v) is 3.00. The maximum atomic E-state index is 13.1. The Bertz CT molecular complexity index is 557. The average molecular weight is 335 g/mol. The number of nitrogens with one attached hydrogen (secondary N) is 2. The smallest absolute Gasteiger partial charge is 0.241 e. The highest BCUT2D eigenvalue weighted by atomic mass is 19.1. The number of piperidine rings is 1. The standard InChI is InChI=1S/C18H26FN3O2/c1-20-8-5-14-6-9-22(10-7-14)18(24)13-21-17(23)12-15-3-2-4-16(19)11-15/h2-4,11,14,20H,5-10,12-13H2,1H3,(H,21,23). The van der Waals surface area contributed by atoms with Gasteiger partial charge in [-0.05, 0) is 56.5 Å². The van der Waals surface area contributed by atoms with E-state index in [4.69, 9.17) is 0 Å². The van der Waals surface area contributed by atoms with Crippen LogP contribution in [-0.4, -0.2) is 49.9 Å². The van der Waals surface area contributed by atoms with E-state index in [1.54, 1.807) is 12.1 Å². The molecule has 0 aliphatic carbocycles. The maximum absolute atomic E-state index is 13.1. The van der Waals surface area contributed by atoms with E-state index in [2.05, 4.69) is 10.6 Å². The highest BCUT2D eigenvalue weighted by Crippen LogP contribution is 2.19. The molecule has 0 aromatic heterocycles. The lowest BCUT2D eigenvalue weighted by Crippen LogP contribution is -2.44. The van der Waals surface area contributed by atoms with Crippen LogP contribution in [0, 0.1) is 11.7 Å². The lowest BCUT2D eigenvalue weighted by molar-refractivity contribution is -0.133. The van der Waals surface area contributed by atoms with Crippen molar-refractivity contribution in [3.8, 4) is 0 Å². The molecule has 1 heterocycles. The van der Waals surface area contributed by atoms with E-state index < -0.39 is 0 Å². The Morgan fingerprint density at radius 3 is 2.71 bits per heavy atom. The normalized spacial score (nSPS) is 15.3. The van der Waals surface area contributed by atoms with Crippen LogP contribution in [0.4, 0.5) is 4.39 Å². The fraction of sp³-hybridized carbons (Fsp3) is 0.556. The molecule has 0 spiro atoms. The molecular formula is C18H26FN3O2. The summed E-state index contributed by atoms with van der Waals surface area (Å²) in [5.41, 5.74) is 0.602. The Morgan fingerprint density at radius 2 is 2.04 bits per heavy atom. The first kappa shape index (κ1) is 18.4. The first-order valence-electron chi connectivity index (χ1n) is 8.52. The van der Waals surface area contributed by atoms with E-state index in [1.807, 2.05) is 11.9 Å². The molecule has 0 bridgehead atoms. The number of rotatable bonds is 7. The van der Waals surface area contributed by atoms with Crippen molar-refractivity contribution in [2.24, 2.45) is 5.92 Å². The summed E-state index contributed by atoms with van der Waals surface area (Å²) < 4.78 is 13.1. The molecule has 1 aromatic carbocycles. The summed E-state index contributed by atoms with van der Waals surface area (Å²) in [6, 6.07) is 5.93. The van der Waals surface area contributed by atoms with E-state index in [-0.39, 0.29) is 30.6 Å². The topological polar surface area (TPSA) is 61.4 Å². The van der Waals surface area contributed by atoms with Gasteiger partial charge in [0.15, 0.2) is 0 Å². The predicted molar refractivity (Wildman–Crippen MR) is 91.0 cm³/mol. The Labute approximate surface area is 142 Å². The third-order valence-corrected chi connectivity index (χ3v) is 4.46. The highest BCUT2D eigenvalue weighted by molar-refractivity contribution is 5.85. The van der Waals surface area contributed by atoms with Crippen LogP contribution in [0.2, 0.25) is 0 Å². The van der Waals surface area contributed by atoms with Gasteiger partial charge in [0.05, 0.1) is 13.0 Å². The molecule has 2 amide bonds. The predicted octanol–water partition coefficient (Wildman–Crippen LogP) is 1.33. The summed E-state index contributed by atoms with van der Waals surface area (Å²) in [4.78, 5) is 25.9. The van der Waals surface area contributed by atoms with Crippen LogP contribution in [0.15, 0.2) is 24.3 Å². The minimum atomic E-state index is -0.363. The molecule has 5 nitrogen and oxygen atoms in total. The number of halogens is 1. The van der Waals surface area contributed by atoms with E-state index in [9.17, 15) is 14.0 Å². The Hall–Kier alpha value is -1.95. The van der Waals surface area contributed by atoms with E-state index in [0.717, 1.165) is 38.9 Å². The lowest BCUT2D eigenvalue weighted by atomic mass is 9.93. The van der Waals surface area contributed by atoms with Gasteiger partial charge in [-0.15, -0.1) is 0 Å². The highest BCUT2D eigenvalue weighted by Gasteiger charge is 2.22. The van der Waals surface area contributed by atoms with E-state index >= 15 is 0 Å². The molecular weight excluding hydrogens is 309 g/mol. The van der Waals surface area contributed by atoms with Crippen LogP contribution >= 0.6 is 0 Å². The number of carbonyl (C=O) groups is 2. The van der Waals surface area contributed by atoms with Crippen LogP contribution in [-0.2, 0) is 16.0 Å². The quantitative estimate of drug-likeness (QED) is 0.790. The van der Waals surface area contributed by atoms with Gasteiger partial charge < -0.3 is 15.5 Å². The molecule has 2 N–H and O–H groups in total. The fourth-order valence-electron chi connectivity index (χ4n) is 3.00. The zero-order valence-electron chi connectivity index (χ0n) is 14.2. The second kappa shape index (κ2) is 9.37. The molecule has 0 radical (unpaired) electrons. The second-order valence-electron chi connectivity index (χ2n) is 6.30. The Kier molecular flexibility index (Phi) is 7.18. The van der Waals surface area contributed by atoms with E-state index in [0.29, 0.717) is 11.5 Å². The zero-order valence-corrected chi connectivity index (χ0v) is 14.2. The first-order chi connectivity index (χ1) is 11.6. The molecule has 6 heteroatoms. The van der Waals surface area contributed by atoms with Crippen LogP contribution in [0.5, 0.6) is 0 Å². The van der Waals surface area contributed by atoms with Gasteiger partial charge in [0.2, 0.25) is 11.8 Å². The number of amides is 2. The van der Waals surface area contributed by atoms with Gasteiger partial charge in [0.1, 0.15) is 5.82 Å². The largest absolute Gasteiger partial charge is 0.347 e. The molecule has 0 atom stereocenters. The van der Waals surface area contributed by atoms with Gasteiger partial charge in [0, 0.05) is 13.1 Å². The van der Waals surface area contributed by atoms with Gasteiger partial charge in [0.25, 0.3) is 0 Å². The van der Waals surface area contributed by atoms with Crippen molar-refractivity contribution in [2.75, 3.05) is 33.2 Å². The third kappa shape index (κ3) is 5.92. The van der Waals surface area contributed by atoms with Gasteiger partial charge in [-0.3, -0.25) is 9.59 Å². The minimum Gasteiger partial charge on any atom is -0.347 e. The summed E-state index contributed by atoms with van der Waals surface area (Å²) in [7, 11) is 1.95. The summed E-state index contributed by atoms with van der Waals surface area (Å²) in [6.45, 7) is 2.53. The number of carbonyl (C=O) groups excluding carboxylic acids is 2. The summed E-state index contributed by atoms with van der Waals surface area (Å²) in [6.07, 6.45) is 3.26.